The Labute approximate surface area is 128 Å². The third-order valence-corrected chi connectivity index (χ3v) is 2.51. The summed E-state index contributed by atoms with van der Waals surface area (Å²) in [5.74, 6) is -0.0687. The molecule has 2 aromatic rings. The number of hydrogen-bond acceptors (Lipinski definition) is 6. The van der Waals surface area contributed by atoms with E-state index in [0.717, 1.165) is 5.69 Å². The maximum Gasteiger partial charge on any atom is 0.356 e. The lowest BCUT2D eigenvalue weighted by molar-refractivity contribution is 0.0690. The number of carboxylic acids is 1. The highest BCUT2D eigenvalue weighted by molar-refractivity contribution is 5.84. The summed E-state index contributed by atoms with van der Waals surface area (Å²) in [6, 6.07) is 5.53. The van der Waals surface area contributed by atoms with Gasteiger partial charge in [-0.2, -0.15) is 0 Å². The van der Waals surface area contributed by atoms with Gasteiger partial charge < -0.3 is 15.2 Å². The number of pyridine rings is 1. The molecule has 2 heterocycles. The van der Waals surface area contributed by atoms with E-state index in [1.165, 1.54) is 12.4 Å². The Morgan fingerprint density at radius 1 is 1.27 bits per heavy atom. The number of aromatic nitrogens is 3. The first kappa shape index (κ1) is 15.7. The molecule has 0 atom stereocenters. The first-order chi connectivity index (χ1) is 10.3. The molecule has 0 radical (unpaired) electrons. The van der Waals surface area contributed by atoms with E-state index in [2.05, 4.69) is 20.3 Å². The zero-order valence-corrected chi connectivity index (χ0v) is 12.7. The normalized spacial score (nSPS) is 11.0. The van der Waals surface area contributed by atoms with Crippen molar-refractivity contribution in [3.8, 4) is 5.88 Å². The molecule has 0 fully saturated rings. The van der Waals surface area contributed by atoms with Crippen LogP contribution in [0.25, 0.3) is 0 Å². The van der Waals surface area contributed by atoms with Crippen molar-refractivity contribution in [2.75, 3.05) is 5.32 Å². The van der Waals surface area contributed by atoms with Crippen LogP contribution in [0.4, 0.5) is 5.82 Å². The molecule has 7 heteroatoms. The van der Waals surface area contributed by atoms with Crippen molar-refractivity contribution >= 4 is 11.8 Å². The van der Waals surface area contributed by atoms with Gasteiger partial charge in [-0.25, -0.2) is 19.7 Å². The van der Waals surface area contributed by atoms with Gasteiger partial charge in [-0.05, 0) is 26.8 Å². The van der Waals surface area contributed by atoms with Gasteiger partial charge in [-0.15, -0.1) is 0 Å². The summed E-state index contributed by atoms with van der Waals surface area (Å²) in [4.78, 5) is 22.9. The highest BCUT2D eigenvalue weighted by atomic mass is 16.5. The van der Waals surface area contributed by atoms with Crippen LogP contribution in [0.5, 0.6) is 5.88 Å². The molecule has 0 spiro atoms. The molecule has 0 aliphatic carbocycles. The second-order valence-electron chi connectivity index (χ2n) is 5.63. The predicted octanol–water partition coefficient (Wildman–Crippen LogP) is 2.36. The fourth-order valence-corrected chi connectivity index (χ4v) is 1.64. The van der Waals surface area contributed by atoms with Crippen LogP contribution in [-0.2, 0) is 6.54 Å². The molecule has 7 nitrogen and oxygen atoms in total. The maximum absolute atomic E-state index is 10.7. The lowest BCUT2D eigenvalue weighted by Gasteiger charge is -2.20. The van der Waals surface area contributed by atoms with E-state index in [1.54, 1.807) is 6.07 Å². The van der Waals surface area contributed by atoms with Crippen molar-refractivity contribution in [3.63, 3.8) is 0 Å². The van der Waals surface area contributed by atoms with Gasteiger partial charge in [-0.3, -0.25) is 0 Å². The SMILES string of the molecule is CC(C)(C)Oc1cccc(CNc2cnc(C(=O)O)cn2)n1. The van der Waals surface area contributed by atoms with E-state index in [4.69, 9.17) is 9.84 Å². The first-order valence-corrected chi connectivity index (χ1v) is 6.78. The third-order valence-electron chi connectivity index (χ3n) is 2.51. The van der Waals surface area contributed by atoms with Crippen molar-refractivity contribution in [1.82, 2.24) is 15.0 Å². The predicted molar refractivity (Wildman–Crippen MR) is 80.9 cm³/mol. The number of hydrogen-bond donors (Lipinski definition) is 2. The molecule has 0 aliphatic heterocycles. The minimum Gasteiger partial charge on any atom is -0.476 e. The first-order valence-electron chi connectivity index (χ1n) is 6.78. The Balaban J connectivity index is 1.99. The standard InChI is InChI=1S/C15H18N4O3/c1-15(2,3)22-13-6-4-5-10(19-13)7-17-12-9-16-11(8-18-12)14(20)21/h4-6,8-9H,7H2,1-3H3,(H,17,18)(H,20,21). The van der Waals surface area contributed by atoms with Crippen molar-refractivity contribution in [1.29, 1.82) is 0 Å². The fraction of sp³-hybridized carbons (Fsp3) is 0.333. The number of rotatable bonds is 5. The van der Waals surface area contributed by atoms with Crippen LogP contribution in [0.15, 0.2) is 30.6 Å². The van der Waals surface area contributed by atoms with Gasteiger partial charge in [0, 0.05) is 6.07 Å². The van der Waals surface area contributed by atoms with Gasteiger partial charge in [0.1, 0.15) is 11.4 Å². The Hall–Kier alpha value is -2.70. The van der Waals surface area contributed by atoms with E-state index >= 15 is 0 Å². The molecule has 0 aliphatic rings. The molecule has 2 rings (SSSR count). The zero-order valence-electron chi connectivity index (χ0n) is 12.7. The molecule has 0 bridgehead atoms. The van der Waals surface area contributed by atoms with Crippen molar-refractivity contribution in [2.24, 2.45) is 0 Å². The molecular formula is C15H18N4O3. The number of aromatic carboxylic acids is 1. The van der Waals surface area contributed by atoms with Crippen LogP contribution >= 0.6 is 0 Å². The Kier molecular flexibility index (Phi) is 4.55. The summed E-state index contributed by atoms with van der Waals surface area (Å²) in [5.41, 5.74) is 0.382. The Morgan fingerprint density at radius 2 is 2.05 bits per heavy atom. The fourth-order valence-electron chi connectivity index (χ4n) is 1.64. The van der Waals surface area contributed by atoms with Crippen LogP contribution in [0, 0.1) is 0 Å². The Bertz CT molecular complexity index is 651. The number of carbonyl (C=O) groups is 1. The van der Waals surface area contributed by atoms with E-state index in [-0.39, 0.29) is 11.3 Å². The summed E-state index contributed by atoms with van der Waals surface area (Å²) in [6.45, 7) is 6.31. The summed E-state index contributed by atoms with van der Waals surface area (Å²) >= 11 is 0. The van der Waals surface area contributed by atoms with Gasteiger partial charge in [0.05, 0.1) is 24.6 Å². The average Bonchev–Trinajstić information content (AvgIpc) is 2.44. The maximum atomic E-state index is 10.7. The minimum atomic E-state index is -1.10. The summed E-state index contributed by atoms with van der Waals surface area (Å²) in [7, 11) is 0. The molecule has 0 saturated heterocycles. The number of nitrogens with one attached hydrogen (secondary N) is 1. The lowest BCUT2D eigenvalue weighted by Crippen LogP contribution is -2.23. The van der Waals surface area contributed by atoms with Gasteiger partial charge in [0.25, 0.3) is 0 Å². The molecule has 0 saturated carbocycles. The van der Waals surface area contributed by atoms with E-state index in [0.29, 0.717) is 18.2 Å². The highest BCUT2D eigenvalue weighted by Crippen LogP contribution is 2.16. The molecule has 116 valence electrons. The van der Waals surface area contributed by atoms with Crippen LogP contribution in [0.3, 0.4) is 0 Å². The topological polar surface area (TPSA) is 97.2 Å². The van der Waals surface area contributed by atoms with Crippen molar-refractivity contribution in [2.45, 2.75) is 32.9 Å². The van der Waals surface area contributed by atoms with Gasteiger partial charge in [0.2, 0.25) is 5.88 Å². The molecule has 2 aromatic heterocycles. The summed E-state index contributed by atoms with van der Waals surface area (Å²) < 4.78 is 5.70. The number of anilines is 1. The van der Waals surface area contributed by atoms with E-state index < -0.39 is 5.97 Å². The highest BCUT2D eigenvalue weighted by Gasteiger charge is 2.12. The number of nitrogens with zero attached hydrogens (tertiary/aromatic N) is 3. The molecule has 22 heavy (non-hydrogen) atoms. The average molecular weight is 302 g/mol. The molecule has 0 amide bonds. The smallest absolute Gasteiger partial charge is 0.356 e. The number of ether oxygens (including phenoxy) is 1. The zero-order chi connectivity index (χ0) is 16.2. The van der Waals surface area contributed by atoms with Gasteiger partial charge >= 0.3 is 5.97 Å². The third kappa shape index (κ3) is 4.69. The van der Waals surface area contributed by atoms with Crippen molar-refractivity contribution < 1.29 is 14.6 Å². The van der Waals surface area contributed by atoms with Gasteiger partial charge in [-0.1, -0.05) is 6.07 Å². The molecular weight excluding hydrogens is 284 g/mol. The van der Waals surface area contributed by atoms with Crippen LogP contribution in [0.2, 0.25) is 0 Å². The van der Waals surface area contributed by atoms with Gasteiger partial charge in [0.15, 0.2) is 5.69 Å². The summed E-state index contributed by atoms with van der Waals surface area (Å²) in [6.07, 6.45) is 2.58. The van der Waals surface area contributed by atoms with Crippen LogP contribution < -0.4 is 10.1 Å². The quantitative estimate of drug-likeness (QED) is 0.875. The monoisotopic (exact) mass is 302 g/mol. The minimum absolute atomic E-state index is 0.0933. The summed E-state index contributed by atoms with van der Waals surface area (Å²) in [5, 5.41) is 11.8. The Morgan fingerprint density at radius 3 is 2.64 bits per heavy atom. The second-order valence-corrected chi connectivity index (χ2v) is 5.63. The van der Waals surface area contributed by atoms with Crippen LogP contribution in [0.1, 0.15) is 37.0 Å². The van der Waals surface area contributed by atoms with Crippen LogP contribution in [-0.4, -0.2) is 31.6 Å². The van der Waals surface area contributed by atoms with E-state index in [9.17, 15) is 4.79 Å². The lowest BCUT2D eigenvalue weighted by atomic mass is 10.2. The second kappa shape index (κ2) is 6.38. The molecule has 2 N–H and O–H groups in total. The molecule has 0 aromatic carbocycles. The largest absolute Gasteiger partial charge is 0.476 e. The molecule has 0 unspecified atom stereocenters. The van der Waals surface area contributed by atoms with Crippen molar-refractivity contribution in [3.05, 3.63) is 42.0 Å². The number of carboxylic acid groups (broad SMARTS) is 1. The van der Waals surface area contributed by atoms with E-state index in [1.807, 2.05) is 32.9 Å².